The van der Waals surface area contributed by atoms with Crippen LogP contribution in [0, 0.1) is 5.41 Å². The van der Waals surface area contributed by atoms with Crippen LogP contribution in [0.25, 0.3) is 0 Å². The lowest BCUT2D eigenvalue weighted by Gasteiger charge is -2.21. The van der Waals surface area contributed by atoms with Crippen LogP contribution in [-0.2, 0) is 20.9 Å². The fourth-order valence-corrected chi connectivity index (χ4v) is 2.22. The minimum absolute atomic E-state index is 0.0190. The van der Waals surface area contributed by atoms with Crippen molar-refractivity contribution in [3.05, 3.63) is 29.8 Å². The first-order valence-corrected chi connectivity index (χ1v) is 8.37. The molecule has 0 saturated carbocycles. The predicted octanol–water partition coefficient (Wildman–Crippen LogP) is 1.23. The van der Waals surface area contributed by atoms with Crippen molar-refractivity contribution < 1.29 is 19.2 Å². The molecule has 0 radical (unpaired) electrons. The van der Waals surface area contributed by atoms with E-state index in [0.29, 0.717) is 5.69 Å². The molecule has 1 aromatic rings. The lowest BCUT2D eigenvalue weighted by molar-refractivity contribution is -0.131. The van der Waals surface area contributed by atoms with E-state index in [1.54, 1.807) is 52.0 Å². The van der Waals surface area contributed by atoms with Crippen molar-refractivity contribution in [1.29, 1.82) is 0 Å². The summed E-state index contributed by atoms with van der Waals surface area (Å²) in [6.45, 7) is 7.14. The van der Waals surface area contributed by atoms with Crippen LogP contribution in [0.5, 0.6) is 0 Å². The van der Waals surface area contributed by atoms with Gasteiger partial charge >= 0.3 is 6.03 Å². The molecule has 8 heteroatoms. The second kappa shape index (κ2) is 7.55. The maximum absolute atomic E-state index is 12.2. The number of rotatable bonds is 5. The van der Waals surface area contributed by atoms with Crippen molar-refractivity contribution in [2.75, 3.05) is 11.9 Å². The van der Waals surface area contributed by atoms with Crippen molar-refractivity contribution in [1.82, 2.24) is 15.5 Å². The Bertz CT molecular complexity index is 706. The molecular weight excluding hydrogens is 336 g/mol. The molecule has 0 bridgehead atoms. The Morgan fingerprint density at radius 2 is 1.81 bits per heavy atom. The molecule has 1 aliphatic rings. The monoisotopic (exact) mass is 360 g/mol. The highest BCUT2D eigenvalue weighted by molar-refractivity contribution is 6.02. The Morgan fingerprint density at radius 3 is 2.31 bits per heavy atom. The molecule has 0 aliphatic carbocycles. The van der Waals surface area contributed by atoms with Crippen LogP contribution in [0.15, 0.2) is 24.3 Å². The van der Waals surface area contributed by atoms with Crippen LogP contribution in [0.4, 0.5) is 10.5 Å². The summed E-state index contributed by atoms with van der Waals surface area (Å²) in [5.74, 6) is -0.802. The molecule has 1 saturated heterocycles. The average Bonchev–Trinajstić information content (AvgIpc) is 2.87. The van der Waals surface area contributed by atoms with Crippen LogP contribution >= 0.6 is 0 Å². The minimum atomic E-state index is -0.674. The van der Waals surface area contributed by atoms with Gasteiger partial charge in [-0.3, -0.25) is 19.3 Å². The summed E-state index contributed by atoms with van der Waals surface area (Å²) >= 11 is 0. The van der Waals surface area contributed by atoms with Crippen LogP contribution in [0.3, 0.4) is 0 Å². The van der Waals surface area contributed by atoms with E-state index in [2.05, 4.69) is 16.0 Å². The number of carbonyl (C=O) groups is 4. The molecule has 2 rings (SSSR count). The standard InChI is InChI=1S/C18H24N4O4/c1-11(20-16(25)18(2,3)4)15(24)21-13-7-5-12(6-8-13)10-22-14(23)9-19-17(22)26/h5-8,11H,9-10H2,1-4H3,(H,19,26)(H,20,25)(H,21,24)/t11-/m1/s1. The first-order chi connectivity index (χ1) is 12.1. The fraction of sp³-hybridized carbons (Fsp3) is 0.444. The van der Waals surface area contributed by atoms with Gasteiger partial charge in [0.15, 0.2) is 0 Å². The summed E-state index contributed by atoms with van der Waals surface area (Å²) in [6.07, 6.45) is 0. The molecule has 1 atom stereocenters. The SMILES string of the molecule is C[C@@H](NC(=O)C(C)(C)C)C(=O)Nc1ccc(CN2C(=O)CNC2=O)cc1. The van der Waals surface area contributed by atoms with Gasteiger partial charge in [-0.1, -0.05) is 32.9 Å². The number of carbonyl (C=O) groups excluding carboxylic acids is 4. The zero-order valence-electron chi connectivity index (χ0n) is 15.4. The summed E-state index contributed by atoms with van der Waals surface area (Å²) in [5, 5.41) is 7.85. The Kier molecular flexibility index (Phi) is 5.64. The lowest BCUT2D eigenvalue weighted by Crippen LogP contribution is -2.46. The maximum atomic E-state index is 12.2. The average molecular weight is 360 g/mol. The highest BCUT2D eigenvalue weighted by atomic mass is 16.2. The first kappa shape index (κ1) is 19.4. The Morgan fingerprint density at radius 1 is 1.19 bits per heavy atom. The van der Waals surface area contributed by atoms with E-state index in [0.717, 1.165) is 10.5 Å². The number of nitrogens with zero attached hydrogens (tertiary/aromatic N) is 1. The first-order valence-electron chi connectivity index (χ1n) is 8.37. The second-order valence-corrected chi connectivity index (χ2v) is 7.27. The Labute approximate surface area is 152 Å². The van der Waals surface area contributed by atoms with Crippen LogP contribution in [-0.4, -0.2) is 41.2 Å². The number of hydrogen-bond donors (Lipinski definition) is 3. The maximum Gasteiger partial charge on any atom is 0.324 e. The van der Waals surface area contributed by atoms with Gasteiger partial charge in [0.05, 0.1) is 13.1 Å². The second-order valence-electron chi connectivity index (χ2n) is 7.27. The molecular formula is C18H24N4O4. The summed E-state index contributed by atoms with van der Waals surface area (Å²) in [4.78, 5) is 48.4. The number of anilines is 1. The number of imide groups is 1. The predicted molar refractivity (Wildman–Crippen MR) is 96.1 cm³/mol. The topological polar surface area (TPSA) is 108 Å². The van der Waals surface area contributed by atoms with E-state index >= 15 is 0 Å². The number of benzene rings is 1. The Balaban J connectivity index is 1.92. The molecule has 1 aliphatic heterocycles. The van der Waals surface area contributed by atoms with E-state index in [9.17, 15) is 19.2 Å². The largest absolute Gasteiger partial charge is 0.344 e. The third-order valence-electron chi connectivity index (χ3n) is 3.92. The van der Waals surface area contributed by atoms with Gasteiger partial charge in [-0.2, -0.15) is 0 Å². The van der Waals surface area contributed by atoms with Crippen molar-refractivity contribution in [2.24, 2.45) is 5.41 Å². The minimum Gasteiger partial charge on any atom is -0.344 e. The quantitative estimate of drug-likeness (QED) is 0.686. The zero-order valence-corrected chi connectivity index (χ0v) is 15.4. The van der Waals surface area contributed by atoms with Crippen molar-refractivity contribution >= 4 is 29.4 Å². The third kappa shape index (κ3) is 4.81. The fourth-order valence-electron chi connectivity index (χ4n) is 2.22. The van der Waals surface area contributed by atoms with Gasteiger partial charge in [0.2, 0.25) is 17.7 Å². The molecule has 140 valence electrons. The summed E-state index contributed by atoms with van der Waals surface area (Å²) < 4.78 is 0. The van der Waals surface area contributed by atoms with Gasteiger partial charge in [0.25, 0.3) is 0 Å². The molecule has 1 aromatic carbocycles. The third-order valence-corrected chi connectivity index (χ3v) is 3.92. The van der Waals surface area contributed by atoms with Gasteiger partial charge < -0.3 is 16.0 Å². The van der Waals surface area contributed by atoms with E-state index in [1.807, 2.05) is 0 Å². The van der Waals surface area contributed by atoms with Gasteiger partial charge in [-0.05, 0) is 24.6 Å². The van der Waals surface area contributed by atoms with Gasteiger partial charge in [0.1, 0.15) is 6.04 Å². The molecule has 8 nitrogen and oxygen atoms in total. The molecule has 0 unspecified atom stereocenters. The van der Waals surface area contributed by atoms with E-state index in [-0.39, 0.29) is 30.8 Å². The van der Waals surface area contributed by atoms with Gasteiger partial charge in [0, 0.05) is 11.1 Å². The van der Waals surface area contributed by atoms with Crippen LogP contribution in [0.1, 0.15) is 33.3 Å². The number of hydrogen-bond acceptors (Lipinski definition) is 4. The van der Waals surface area contributed by atoms with Crippen molar-refractivity contribution in [3.8, 4) is 0 Å². The molecule has 1 heterocycles. The molecule has 5 amide bonds. The van der Waals surface area contributed by atoms with E-state index in [1.165, 1.54) is 0 Å². The molecule has 0 aromatic heterocycles. The van der Waals surface area contributed by atoms with Crippen molar-refractivity contribution in [2.45, 2.75) is 40.3 Å². The number of amides is 5. The van der Waals surface area contributed by atoms with Crippen molar-refractivity contribution in [3.63, 3.8) is 0 Å². The number of nitrogens with one attached hydrogen (secondary N) is 3. The summed E-state index contributed by atoms with van der Waals surface area (Å²) in [6, 6.07) is 5.75. The molecule has 1 fully saturated rings. The van der Waals surface area contributed by atoms with Crippen LogP contribution < -0.4 is 16.0 Å². The molecule has 26 heavy (non-hydrogen) atoms. The highest BCUT2D eigenvalue weighted by Gasteiger charge is 2.28. The lowest BCUT2D eigenvalue weighted by atomic mass is 9.95. The Hall–Kier alpha value is -2.90. The smallest absolute Gasteiger partial charge is 0.324 e. The zero-order chi connectivity index (χ0) is 19.5. The van der Waals surface area contributed by atoms with E-state index in [4.69, 9.17) is 0 Å². The molecule has 3 N–H and O–H groups in total. The van der Waals surface area contributed by atoms with E-state index < -0.39 is 17.5 Å². The summed E-state index contributed by atoms with van der Waals surface area (Å²) in [7, 11) is 0. The summed E-state index contributed by atoms with van der Waals surface area (Å²) in [5.41, 5.74) is 0.755. The normalized spacial score (nSPS) is 15.5. The highest BCUT2D eigenvalue weighted by Crippen LogP contribution is 2.15. The number of urea groups is 1. The van der Waals surface area contributed by atoms with Gasteiger partial charge in [-0.15, -0.1) is 0 Å². The van der Waals surface area contributed by atoms with Crippen LogP contribution in [0.2, 0.25) is 0 Å². The molecule has 0 spiro atoms. The van der Waals surface area contributed by atoms with Gasteiger partial charge in [-0.25, -0.2) is 4.79 Å².